The molecule has 4 N–H and O–H groups in total. The molecule has 0 spiro atoms. The fraction of sp³-hybridized carbons (Fsp3) is 0.520. The van der Waals surface area contributed by atoms with Gasteiger partial charge in [-0.25, -0.2) is 0 Å². The predicted octanol–water partition coefficient (Wildman–Crippen LogP) is 6.35. The first kappa shape index (κ1) is 40.4. The first-order valence-electron chi connectivity index (χ1n) is 10.9. The molecule has 0 fully saturated rings. The van der Waals surface area contributed by atoms with Crippen LogP contribution in [0.15, 0.2) is 54.6 Å². The SMILES string of the molecule is Br.Br.Br.Br.C.CCNCCCNCCCNCCCNCc1cccc(-c2ccccc2)c1. The van der Waals surface area contributed by atoms with Gasteiger partial charge >= 0.3 is 0 Å². The molecule has 2 aromatic carbocycles. The molecule has 0 saturated carbocycles. The van der Waals surface area contributed by atoms with Gasteiger partial charge in [-0.3, -0.25) is 0 Å². The molecule has 0 radical (unpaired) electrons. The number of nitrogens with one attached hydrogen (secondary N) is 4. The molecule has 0 aliphatic heterocycles. The van der Waals surface area contributed by atoms with E-state index in [9.17, 15) is 0 Å². The summed E-state index contributed by atoms with van der Waals surface area (Å²) < 4.78 is 0. The van der Waals surface area contributed by atoms with Crippen molar-refractivity contribution in [1.82, 2.24) is 21.3 Å². The van der Waals surface area contributed by atoms with Gasteiger partial charge in [0.1, 0.15) is 0 Å². The zero-order chi connectivity index (χ0) is 19.7. The van der Waals surface area contributed by atoms with Crippen molar-refractivity contribution in [3.8, 4) is 11.1 Å². The maximum atomic E-state index is 3.56. The summed E-state index contributed by atoms with van der Waals surface area (Å²) in [7, 11) is 0. The number of benzene rings is 2. The minimum atomic E-state index is 0. The molecule has 0 amide bonds. The summed E-state index contributed by atoms with van der Waals surface area (Å²) in [5.74, 6) is 0. The van der Waals surface area contributed by atoms with Crippen molar-refractivity contribution in [1.29, 1.82) is 0 Å². The summed E-state index contributed by atoms with van der Waals surface area (Å²) >= 11 is 0. The molecule has 2 aromatic rings. The molecule has 33 heavy (non-hydrogen) atoms. The summed E-state index contributed by atoms with van der Waals surface area (Å²) in [6, 6.07) is 19.4. The fourth-order valence-electron chi connectivity index (χ4n) is 3.17. The third kappa shape index (κ3) is 20.1. The van der Waals surface area contributed by atoms with E-state index in [2.05, 4.69) is 82.8 Å². The van der Waals surface area contributed by atoms with E-state index in [0.717, 1.165) is 58.8 Å². The Morgan fingerprint density at radius 2 is 1.03 bits per heavy atom. The Morgan fingerprint density at radius 3 is 1.58 bits per heavy atom. The monoisotopic (exact) mass is 718 g/mol. The Morgan fingerprint density at radius 1 is 0.545 bits per heavy atom. The Hall–Kier alpha value is 0.200. The Balaban J connectivity index is -0.000000841. The first-order valence-corrected chi connectivity index (χ1v) is 10.9. The van der Waals surface area contributed by atoms with Gasteiger partial charge in [-0.2, -0.15) is 0 Å². The van der Waals surface area contributed by atoms with Crippen molar-refractivity contribution in [3.05, 3.63) is 60.2 Å². The highest BCUT2D eigenvalue weighted by Gasteiger charge is 1.99. The lowest BCUT2D eigenvalue weighted by Gasteiger charge is -2.09. The molecular weight excluding hydrogens is 676 g/mol. The van der Waals surface area contributed by atoms with Crippen LogP contribution in [0.1, 0.15) is 39.2 Å². The second-order valence-corrected chi connectivity index (χ2v) is 7.16. The average molecular weight is 722 g/mol. The lowest BCUT2D eigenvalue weighted by Crippen LogP contribution is -2.26. The lowest BCUT2D eigenvalue weighted by atomic mass is 10.0. The molecule has 194 valence electrons. The third-order valence-corrected chi connectivity index (χ3v) is 4.73. The van der Waals surface area contributed by atoms with E-state index in [1.165, 1.54) is 29.5 Å². The van der Waals surface area contributed by atoms with Gasteiger partial charge in [0.05, 0.1) is 0 Å². The number of halogens is 4. The average Bonchev–Trinajstić information content (AvgIpc) is 2.75. The predicted molar refractivity (Wildman–Crippen MR) is 170 cm³/mol. The smallest absolute Gasteiger partial charge is 0.0205 e. The van der Waals surface area contributed by atoms with Gasteiger partial charge in [0.25, 0.3) is 0 Å². The van der Waals surface area contributed by atoms with Gasteiger partial charge in [0.2, 0.25) is 0 Å². The lowest BCUT2D eigenvalue weighted by molar-refractivity contribution is 0.554. The molecule has 0 bridgehead atoms. The molecule has 0 aliphatic carbocycles. The topological polar surface area (TPSA) is 48.1 Å². The second kappa shape index (κ2) is 28.4. The normalized spacial score (nSPS) is 9.36. The highest BCUT2D eigenvalue weighted by molar-refractivity contribution is 8.93. The molecule has 0 unspecified atom stereocenters. The summed E-state index contributed by atoms with van der Waals surface area (Å²) in [6.45, 7) is 10.7. The van der Waals surface area contributed by atoms with Crippen LogP contribution in [0.4, 0.5) is 0 Å². The minimum absolute atomic E-state index is 0. The number of hydrogen-bond donors (Lipinski definition) is 4. The van der Waals surface area contributed by atoms with Crippen LogP contribution in [-0.2, 0) is 6.54 Å². The highest BCUT2D eigenvalue weighted by Crippen LogP contribution is 2.19. The second-order valence-electron chi connectivity index (χ2n) is 7.16. The Labute approximate surface area is 244 Å². The first-order chi connectivity index (χ1) is 13.9. The zero-order valence-corrected chi connectivity index (χ0v) is 26.0. The number of hydrogen-bond acceptors (Lipinski definition) is 4. The fourth-order valence-corrected chi connectivity index (χ4v) is 3.17. The van der Waals surface area contributed by atoms with Crippen LogP contribution >= 0.6 is 67.9 Å². The maximum absolute atomic E-state index is 3.56. The van der Waals surface area contributed by atoms with Crippen LogP contribution in [0.25, 0.3) is 11.1 Å². The van der Waals surface area contributed by atoms with E-state index in [0.29, 0.717) is 0 Å². The van der Waals surface area contributed by atoms with Gasteiger partial charge in [0.15, 0.2) is 0 Å². The molecular formula is C25H46Br4N4. The molecule has 0 saturated heterocycles. The summed E-state index contributed by atoms with van der Waals surface area (Å²) in [4.78, 5) is 0. The molecule has 0 heterocycles. The van der Waals surface area contributed by atoms with Crippen molar-refractivity contribution in [2.45, 2.75) is 40.2 Å². The summed E-state index contributed by atoms with van der Waals surface area (Å²) in [6.07, 6.45) is 3.57. The standard InChI is InChI=1S/C24H38N4.CH4.4BrH/c1-2-25-14-7-15-26-16-8-17-27-18-9-19-28-21-22-10-6-13-24(20-22)23-11-4-3-5-12-23;;;;;/h3-6,10-13,20,25-28H,2,7-9,14-19,21H2,1H3;1H4;4*1H. The highest BCUT2D eigenvalue weighted by atomic mass is 79.9. The van der Waals surface area contributed by atoms with Crippen molar-refractivity contribution >= 4 is 67.9 Å². The van der Waals surface area contributed by atoms with Crippen molar-refractivity contribution in [2.75, 3.05) is 45.8 Å². The molecule has 0 aliphatic rings. The molecule has 2 rings (SSSR count). The van der Waals surface area contributed by atoms with Crippen LogP contribution < -0.4 is 21.3 Å². The van der Waals surface area contributed by atoms with Crippen molar-refractivity contribution < 1.29 is 0 Å². The van der Waals surface area contributed by atoms with Crippen LogP contribution in [0.2, 0.25) is 0 Å². The molecule has 4 nitrogen and oxygen atoms in total. The minimum Gasteiger partial charge on any atom is -0.317 e. The van der Waals surface area contributed by atoms with Crippen LogP contribution in [0, 0.1) is 0 Å². The third-order valence-electron chi connectivity index (χ3n) is 4.73. The van der Waals surface area contributed by atoms with Crippen molar-refractivity contribution in [2.24, 2.45) is 0 Å². The summed E-state index contributed by atoms with van der Waals surface area (Å²) in [5, 5.41) is 13.9. The van der Waals surface area contributed by atoms with Gasteiger partial charge in [-0.05, 0) is 87.8 Å². The van der Waals surface area contributed by atoms with Gasteiger partial charge in [-0.15, -0.1) is 67.9 Å². The Bertz CT molecular complexity index is 633. The van der Waals surface area contributed by atoms with Crippen LogP contribution in [-0.4, -0.2) is 45.8 Å². The largest absolute Gasteiger partial charge is 0.317 e. The van der Waals surface area contributed by atoms with E-state index >= 15 is 0 Å². The Kier molecular flexibility index (Phi) is 34.8. The van der Waals surface area contributed by atoms with E-state index in [-0.39, 0.29) is 75.4 Å². The van der Waals surface area contributed by atoms with Gasteiger partial charge in [-0.1, -0.05) is 62.9 Å². The number of rotatable bonds is 16. The molecule has 8 heteroatoms. The quantitative estimate of drug-likeness (QED) is 0.153. The van der Waals surface area contributed by atoms with E-state index in [4.69, 9.17) is 0 Å². The van der Waals surface area contributed by atoms with E-state index in [1.54, 1.807) is 0 Å². The molecule has 0 atom stereocenters. The van der Waals surface area contributed by atoms with Crippen LogP contribution in [0.3, 0.4) is 0 Å². The maximum Gasteiger partial charge on any atom is 0.0205 e. The molecule has 0 aromatic heterocycles. The van der Waals surface area contributed by atoms with E-state index in [1.807, 2.05) is 0 Å². The van der Waals surface area contributed by atoms with E-state index < -0.39 is 0 Å². The zero-order valence-electron chi connectivity index (χ0n) is 19.1. The van der Waals surface area contributed by atoms with Crippen molar-refractivity contribution in [3.63, 3.8) is 0 Å². The van der Waals surface area contributed by atoms with Crippen LogP contribution in [0.5, 0.6) is 0 Å². The summed E-state index contributed by atoms with van der Waals surface area (Å²) in [5.41, 5.74) is 3.91. The van der Waals surface area contributed by atoms with Gasteiger partial charge < -0.3 is 21.3 Å². The van der Waals surface area contributed by atoms with Gasteiger partial charge in [0, 0.05) is 6.54 Å².